The largest absolute Gasteiger partial charge is 0.508 e. The van der Waals surface area contributed by atoms with E-state index in [0.29, 0.717) is 19.7 Å². The highest BCUT2D eigenvalue weighted by atomic mass is 16.5. The molecule has 2 fully saturated rings. The van der Waals surface area contributed by atoms with E-state index < -0.39 is 18.2 Å². The predicted octanol–water partition coefficient (Wildman–Crippen LogP) is 1.02. The number of hydrogen-bond acceptors (Lipinski definition) is 6. The molecule has 0 radical (unpaired) electrons. The summed E-state index contributed by atoms with van der Waals surface area (Å²) in [5, 5.41) is 15.6. The first-order chi connectivity index (χ1) is 17.9. The Labute approximate surface area is 216 Å². The van der Waals surface area contributed by atoms with Gasteiger partial charge in [-0.2, -0.15) is 5.01 Å². The number of aromatic hydroxyl groups is 1. The van der Waals surface area contributed by atoms with Gasteiger partial charge in [0.2, 0.25) is 11.8 Å². The Kier molecular flexibility index (Phi) is 8.28. The van der Waals surface area contributed by atoms with Crippen LogP contribution in [0.3, 0.4) is 0 Å². The van der Waals surface area contributed by atoms with Gasteiger partial charge >= 0.3 is 6.03 Å². The minimum Gasteiger partial charge on any atom is -0.508 e. The molecule has 37 heavy (non-hydrogen) atoms. The third-order valence-electron chi connectivity index (χ3n) is 6.53. The minimum atomic E-state index is -0.829. The number of phenols is 1. The Morgan fingerprint density at radius 1 is 1.14 bits per heavy atom. The molecule has 0 saturated carbocycles. The number of piperazine rings is 1. The zero-order chi connectivity index (χ0) is 26.4. The number of methoxy groups -OCH3 is 1. The number of hydrogen-bond donors (Lipinski definition) is 2. The summed E-state index contributed by atoms with van der Waals surface area (Å²) in [4.78, 5) is 43.6. The third-order valence-corrected chi connectivity index (χ3v) is 6.53. The Morgan fingerprint density at radius 3 is 2.54 bits per heavy atom. The van der Waals surface area contributed by atoms with Crippen molar-refractivity contribution in [2.45, 2.75) is 25.2 Å². The molecular formula is C27H31N5O5. The minimum absolute atomic E-state index is 0.0590. The number of amides is 4. The van der Waals surface area contributed by atoms with Gasteiger partial charge in [-0.15, -0.1) is 6.42 Å². The zero-order valence-electron chi connectivity index (χ0n) is 20.7. The molecule has 2 atom stereocenters. The van der Waals surface area contributed by atoms with Gasteiger partial charge in [-0.25, -0.2) is 9.80 Å². The Morgan fingerprint density at radius 2 is 1.86 bits per heavy atom. The summed E-state index contributed by atoms with van der Waals surface area (Å²) in [6, 6.07) is 14.8. The average Bonchev–Trinajstić information content (AvgIpc) is 2.90. The van der Waals surface area contributed by atoms with Crippen LogP contribution in [0.1, 0.15) is 11.1 Å². The van der Waals surface area contributed by atoms with Crippen molar-refractivity contribution in [3.63, 3.8) is 0 Å². The van der Waals surface area contributed by atoms with E-state index in [1.54, 1.807) is 41.3 Å². The first kappa shape index (κ1) is 26.0. The molecule has 10 nitrogen and oxygen atoms in total. The maximum Gasteiger partial charge on any atom is 0.334 e. The summed E-state index contributed by atoms with van der Waals surface area (Å²) in [6.07, 6.45) is 5.07. The smallest absolute Gasteiger partial charge is 0.334 e. The Bertz CT molecular complexity index is 1150. The number of ether oxygens (including phenoxy) is 1. The van der Waals surface area contributed by atoms with Gasteiger partial charge in [0, 0.05) is 26.6 Å². The third kappa shape index (κ3) is 5.85. The number of fused-ring (bicyclic) bond motifs is 1. The van der Waals surface area contributed by atoms with Crippen LogP contribution in [-0.4, -0.2) is 94.9 Å². The van der Waals surface area contributed by atoms with Crippen molar-refractivity contribution in [2.75, 3.05) is 39.9 Å². The van der Waals surface area contributed by atoms with Crippen LogP contribution in [0.5, 0.6) is 5.75 Å². The number of nitrogens with one attached hydrogen (secondary N) is 1. The summed E-state index contributed by atoms with van der Waals surface area (Å²) in [7, 11) is 1.55. The lowest BCUT2D eigenvalue weighted by Crippen LogP contribution is -2.76. The Hall–Kier alpha value is -4.07. The number of benzene rings is 2. The number of rotatable bonds is 8. The van der Waals surface area contributed by atoms with Crippen molar-refractivity contribution < 1.29 is 24.2 Å². The number of urea groups is 1. The van der Waals surface area contributed by atoms with Gasteiger partial charge in [0.25, 0.3) is 0 Å². The number of terminal acetylenes is 1. The maximum atomic E-state index is 13.6. The molecular weight excluding hydrogens is 474 g/mol. The molecule has 4 rings (SSSR count). The summed E-state index contributed by atoms with van der Waals surface area (Å²) in [5.74, 6) is 2.14. The molecule has 2 heterocycles. The van der Waals surface area contributed by atoms with Crippen LogP contribution >= 0.6 is 0 Å². The molecule has 10 heteroatoms. The highest BCUT2D eigenvalue weighted by Gasteiger charge is 2.51. The molecule has 2 aromatic rings. The van der Waals surface area contributed by atoms with E-state index >= 15 is 0 Å². The van der Waals surface area contributed by atoms with Crippen molar-refractivity contribution in [1.29, 1.82) is 0 Å². The lowest BCUT2D eigenvalue weighted by molar-refractivity contribution is -0.189. The predicted molar refractivity (Wildman–Crippen MR) is 136 cm³/mol. The van der Waals surface area contributed by atoms with Gasteiger partial charge in [0.15, 0.2) is 0 Å². The average molecular weight is 506 g/mol. The molecule has 194 valence electrons. The maximum absolute atomic E-state index is 13.6. The fourth-order valence-electron chi connectivity index (χ4n) is 4.75. The van der Waals surface area contributed by atoms with Crippen LogP contribution in [0.2, 0.25) is 0 Å². The van der Waals surface area contributed by atoms with Crippen LogP contribution in [0.25, 0.3) is 0 Å². The van der Waals surface area contributed by atoms with E-state index in [9.17, 15) is 19.5 Å². The highest BCUT2D eigenvalue weighted by molar-refractivity contribution is 5.91. The lowest BCUT2D eigenvalue weighted by Gasteiger charge is -2.54. The van der Waals surface area contributed by atoms with Gasteiger partial charge in [0.1, 0.15) is 18.0 Å². The molecule has 2 aliphatic heterocycles. The molecule has 2 N–H and O–H groups in total. The highest BCUT2D eigenvalue weighted by Crippen LogP contribution is 2.28. The van der Waals surface area contributed by atoms with Crippen LogP contribution in [0.4, 0.5) is 4.79 Å². The molecule has 0 spiro atoms. The number of carbonyl (C=O) groups excluding carboxylic acids is 3. The summed E-state index contributed by atoms with van der Waals surface area (Å²) >= 11 is 0. The SMILES string of the molecule is C#CCN1CC(=O)N2[C@@H](Cc3ccc(O)cc3)C(=O)N(CCOC)C[C@@H]2N1C(=O)NCc1ccccc1. The normalized spacial score (nSPS) is 19.9. The first-order valence-corrected chi connectivity index (χ1v) is 12.1. The number of nitrogens with zero attached hydrogens (tertiary/aromatic N) is 4. The van der Waals surface area contributed by atoms with Crippen LogP contribution in [0, 0.1) is 12.3 Å². The van der Waals surface area contributed by atoms with Gasteiger partial charge in [-0.3, -0.25) is 9.59 Å². The summed E-state index contributed by atoms with van der Waals surface area (Å²) in [5.41, 5.74) is 1.71. The van der Waals surface area contributed by atoms with Crippen molar-refractivity contribution in [3.8, 4) is 18.1 Å². The molecule has 0 bridgehead atoms. The van der Waals surface area contributed by atoms with Crippen molar-refractivity contribution in [3.05, 3.63) is 65.7 Å². The van der Waals surface area contributed by atoms with Gasteiger partial charge in [-0.1, -0.05) is 48.4 Å². The van der Waals surface area contributed by atoms with Crippen LogP contribution < -0.4 is 5.32 Å². The second-order valence-electron chi connectivity index (χ2n) is 8.96. The number of carbonyl (C=O) groups is 3. The van der Waals surface area contributed by atoms with E-state index in [1.165, 1.54) is 9.91 Å². The standard InChI is InChI=1S/C27H31N5O5/c1-3-13-30-19-25(34)31-23(16-20-9-11-22(33)12-10-20)26(35)29(14-15-37-2)18-24(31)32(30)27(36)28-17-21-7-5-4-6-8-21/h1,4-12,23-24,33H,13-19H2,2H3,(H,28,36)/t23-,24-/m0/s1. The fraction of sp³-hybridized carbons (Fsp3) is 0.370. The van der Waals surface area contributed by atoms with Crippen molar-refractivity contribution in [2.24, 2.45) is 0 Å². The molecule has 2 aromatic carbocycles. The Balaban J connectivity index is 1.65. The lowest BCUT2D eigenvalue weighted by atomic mass is 9.98. The van der Waals surface area contributed by atoms with E-state index in [-0.39, 0.29) is 43.6 Å². The van der Waals surface area contributed by atoms with Gasteiger partial charge < -0.3 is 25.0 Å². The second-order valence-corrected chi connectivity index (χ2v) is 8.96. The summed E-state index contributed by atoms with van der Waals surface area (Å²) < 4.78 is 5.21. The van der Waals surface area contributed by atoms with Crippen molar-refractivity contribution >= 4 is 17.8 Å². The first-order valence-electron chi connectivity index (χ1n) is 12.1. The quantitative estimate of drug-likeness (QED) is 0.519. The topological polar surface area (TPSA) is 106 Å². The van der Waals surface area contributed by atoms with E-state index in [1.807, 2.05) is 30.3 Å². The van der Waals surface area contributed by atoms with Crippen LogP contribution in [0.15, 0.2) is 54.6 Å². The van der Waals surface area contributed by atoms with Crippen LogP contribution in [-0.2, 0) is 27.3 Å². The van der Waals surface area contributed by atoms with Crippen molar-refractivity contribution in [1.82, 2.24) is 25.1 Å². The molecule has 0 aliphatic carbocycles. The van der Waals surface area contributed by atoms with E-state index in [4.69, 9.17) is 11.2 Å². The molecule has 0 unspecified atom stereocenters. The molecule has 2 aliphatic rings. The molecule has 2 saturated heterocycles. The zero-order valence-corrected chi connectivity index (χ0v) is 20.7. The summed E-state index contributed by atoms with van der Waals surface area (Å²) in [6.45, 7) is 0.978. The molecule has 4 amide bonds. The fourth-order valence-corrected chi connectivity index (χ4v) is 4.75. The number of phenolic OH excluding ortho intramolecular Hbond substituents is 1. The van der Waals surface area contributed by atoms with Gasteiger partial charge in [0.05, 0.1) is 26.2 Å². The monoisotopic (exact) mass is 505 g/mol. The van der Waals surface area contributed by atoms with E-state index in [0.717, 1.165) is 11.1 Å². The second kappa shape index (κ2) is 11.8. The molecule has 0 aromatic heterocycles. The number of hydrazine groups is 1. The van der Waals surface area contributed by atoms with Gasteiger partial charge in [-0.05, 0) is 23.3 Å². The van der Waals surface area contributed by atoms with E-state index in [2.05, 4.69) is 11.2 Å².